The minimum Gasteiger partial charge on any atom is -0.390 e. The van der Waals surface area contributed by atoms with Gasteiger partial charge in [0.1, 0.15) is 0 Å². The number of rotatable bonds is 1. The monoisotopic (exact) mass is 147 g/mol. The van der Waals surface area contributed by atoms with Gasteiger partial charge in [0.2, 0.25) is 0 Å². The summed E-state index contributed by atoms with van der Waals surface area (Å²) in [5.41, 5.74) is 0.792. The van der Waals surface area contributed by atoms with Crippen LogP contribution in [-0.2, 0) is 6.61 Å². The Hall–Kier alpha value is -0.190. The third kappa shape index (κ3) is 1.15. The molecule has 0 spiro atoms. The first kappa shape index (κ1) is 5.94. The molecule has 0 aliphatic rings. The van der Waals surface area contributed by atoms with E-state index >= 15 is 0 Å². The first-order chi connectivity index (χ1) is 3.83. The molecule has 1 aromatic heterocycles. The van der Waals surface area contributed by atoms with E-state index in [4.69, 9.17) is 17.3 Å². The number of hydrogen-bond acceptors (Lipinski definition) is 3. The topological polar surface area (TPSA) is 36.0 Å². The molecule has 0 unspecified atom stereocenters. The minimum absolute atomic E-state index is 0.0487. The Morgan fingerprint density at radius 2 is 2.62 bits per heavy atom. The van der Waals surface area contributed by atoms with E-state index in [1.807, 2.05) is 5.38 Å². The Labute approximate surface area is 55.8 Å². The van der Waals surface area contributed by atoms with E-state index in [2.05, 4.69) is 4.98 Å². The molecule has 2 nitrogen and oxygen atoms in total. The molecule has 0 fully saturated rings. The third-order valence-electron chi connectivity index (χ3n) is 0.741. The molecule has 0 saturated carbocycles. The van der Waals surface area contributed by atoms with Crippen molar-refractivity contribution in [3.63, 3.8) is 0 Å². The lowest BCUT2D eigenvalue weighted by molar-refractivity contribution is 0.277. The van der Waals surface area contributed by atoms with E-state index in [1.54, 1.807) is 0 Å². The van der Waals surface area contributed by atoms with Crippen molar-refractivity contribution in [1.29, 1.82) is 0 Å². The molecule has 1 aromatic rings. The van der Waals surface area contributed by atoms with Crippen LogP contribution >= 0.6 is 23.6 Å². The highest BCUT2D eigenvalue weighted by atomic mass is 32.1. The molecular weight excluding hydrogens is 142 g/mol. The van der Waals surface area contributed by atoms with Crippen LogP contribution in [0.25, 0.3) is 0 Å². The summed E-state index contributed by atoms with van der Waals surface area (Å²) in [7, 11) is 0. The van der Waals surface area contributed by atoms with Gasteiger partial charge in [-0.2, -0.15) is 0 Å². The lowest BCUT2D eigenvalue weighted by atomic mass is 10.5. The second-order valence-electron chi connectivity index (χ2n) is 1.33. The van der Waals surface area contributed by atoms with Crippen LogP contribution < -0.4 is 0 Å². The van der Waals surface area contributed by atoms with Crippen LogP contribution in [0.5, 0.6) is 0 Å². The third-order valence-corrected chi connectivity index (χ3v) is 1.85. The molecule has 0 aliphatic carbocycles. The standard InChI is InChI=1S/C4H5NOS2/c6-1-3-2-8-4(7)5-3/h2,6H,1H2,(H,5,7). The van der Waals surface area contributed by atoms with Gasteiger partial charge < -0.3 is 10.1 Å². The highest BCUT2D eigenvalue weighted by Crippen LogP contribution is 2.02. The fourth-order valence-electron chi connectivity index (χ4n) is 0.391. The first-order valence-electron chi connectivity index (χ1n) is 2.10. The van der Waals surface area contributed by atoms with Crippen molar-refractivity contribution in [1.82, 2.24) is 4.98 Å². The van der Waals surface area contributed by atoms with Gasteiger partial charge in [0.15, 0.2) is 3.95 Å². The molecule has 0 saturated heterocycles. The Kier molecular flexibility index (Phi) is 1.77. The van der Waals surface area contributed by atoms with Crippen molar-refractivity contribution in [2.24, 2.45) is 0 Å². The van der Waals surface area contributed by atoms with Crippen molar-refractivity contribution in [3.05, 3.63) is 15.0 Å². The predicted octanol–water partition coefficient (Wildman–Crippen LogP) is 1.30. The number of aromatic nitrogens is 1. The van der Waals surface area contributed by atoms with E-state index in [-0.39, 0.29) is 6.61 Å². The fraction of sp³-hybridized carbons (Fsp3) is 0.250. The number of nitrogens with one attached hydrogen (secondary N) is 1. The molecule has 0 atom stereocenters. The highest BCUT2D eigenvalue weighted by molar-refractivity contribution is 7.73. The summed E-state index contributed by atoms with van der Waals surface area (Å²) in [6.45, 7) is 0.0487. The summed E-state index contributed by atoms with van der Waals surface area (Å²) in [5, 5.41) is 10.3. The summed E-state index contributed by atoms with van der Waals surface area (Å²) in [5.74, 6) is 0. The Balaban J connectivity index is 3.01. The number of aromatic amines is 1. The summed E-state index contributed by atoms with van der Waals surface area (Å²) in [6, 6.07) is 0. The van der Waals surface area contributed by atoms with Gasteiger partial charge in [-0.15, -0.1) is 11.3 Å². The van der Waals surface area contributed by atoms with Crippen molar-refractivity contribution >= 4 is 23.6 Å². The van der Waals surface area contributed by atoms with Crippen LogP contribution in [0.2, 0.25) is 0 Å². The van der Waals surface area contributed by atoms with Crippen LogP contribution in [0, 0.1) is 3.95 Å². The van der Waals surface area contributed by atoms with Crippen molar-refractivity contribution in [2.75, 3.05) is 0 Å². The first-order valence-corrected chi connectivity index (χ1v) is 3.39. The zero-order valence-electron chi connectivity index (χ0n) is 4.05. The Morgan fingerprint density at radius 3 is 2.88 bits per heavy atom. The predicted molar refractivity (Wildman–Crippen MR) is 35.4 cm³/mol. The molecular formula is C4H5NOS2. The number of aliphatic hydroxyl groups is 1. The van der Waals surface area contributed by atoms with Gasteiger partial charge in [-0.1, -0.05) is 0 Å². The number of aliphatic hydroxyl groups excluding tert-OH is 1. The second-order valence-corrected chi connectivity index (χ2v) is 2.88. The van der Waals surface area contributed by atoms with Crippen molar-refractivity contribution in [2.45, 2.75) is 6.61 Å². The van der Waals surface area contributed by atoms with Crippen LogP contribution in [0.15, 0.2) is 5.38 Å². The van der Waals surface area contributed by atoms with E-state index in [0.717, 1.165) is 5.69 Å². The molecule has 0 amide bonds. The van der Waals surface area contributed by atoms with Gasteiger partial charge in [0, 0.05) is 5.38 Å². The van der Waals surface area contributed by atoms with E-state index in [1.165, 1.54) is 11.3 Å². The average molecular weight is 147 g/mol. The van der Waals surface area contributed by atoms with Crippen molar-refractivity contribution in [3.8, 4) is 0 Å². The zero-order valence-corrected chi connectivity index (χ0v) is 5.68. The highest BCUT2D eigenvalue weighted by Gasteiger charge is 1.87. The minimum atomic E-state index is 0.0487. The molecule has 1 heterocycles. The maximum absolute atomic E-state index is 8.48. The van der Waals surface area contributed by atoms with Gasteiger partial charge in [0.25, 0.3) is 0 Å². The molecule has 0 aliphatic heterocycles. The molecule has 8 heavy (non-hydrogen) atoms. The second kappa shape index (κ2) is 2.39. The maximum Gasteiger partial charge on any atom is 0.158 e. The van der Waals surface area contributed by atoms with Crippen LogP contribution in [0.1, 0.15) is 5.69 Å². The van der Waals surface area contributed by atoms with Gasteiger partial charge in [-0.05, 0) is 12.2 Å². The molecule has 4 heteroatoms. The summed E-state index contributed by atoms with van der Waals surface area (Å²) in [4.78, 5) is 2.81. The van der Waals surface area contributed by atoms with Crippen LogP contribution in [0.3, 0.4) is 0 Å². The maximum atomic E-state index is 8.48. The number of hydrogen-bond donors (Lipinski definition) is 2. The average Bonchev–Trinajstić information content (AvgIpc) is 2.14. The van der Waals surface area contributed by atoms with Gasteiger partial charge in [-0.3, -0.25) is 0 Å². The van der Waals surface area contributed by atoms with Crippen LogP contribution in [0.4, 0.5) is 0 Å². The SMILES string of the molecule is OCc1csc(=S)[nH]1. The normalized spacial score (nSPS) is 9.62. The molecule has 1 rings (SSSR count). The van der Waals surface area contributed by atoms with E-state index in [9.17, 15) is 0 Å². The quantitative estimate of drug-likeness (QED) is 0.587. The van der Waals surface area contributed by atoms with Gasteiger partial charge >= 0.3 is 0 Å². The van der Waals surface area contributed by atoms with Gasteiger partial charge in [-0.25, -0.2) is 0 Å². The van der Waals surface area contributed by atoms with Crippen molar-refractivity contribution < 1.29 is 5.11 Å². The van der Waals surface area contributed by atoms with E-state index < -0.39 is 0 Å². The molecule has 0 aromatic carbocycles. The summed E-state index contributed by atoms with van der Waals surface area (Å²) < 4.78 is 0.717. The molecule has 44 valence electrons. The Bertz CT molecular complexity index is 214. The molecule has 0 radical (unpaired) electrons. The fourth-order valence-corrected chi connectivity index (χ4v) is 1.24. The summed E-state index contributed by atoms with van der Waals surface area (Å²) in [6.07, 6.45) is 0. The molecule has 0 bridgehead atoms. The smallest absolute Gasteiger partial charge is 0.158 e. The molecule has 2 N–H and O–H groups in total. The lowest BCUT2D eigenvalue weighted by Gasteiger charge is -1.80. The van der Waals surface area contributed by atoms with Crippen LogP contribution in [-0.4, -0.2) is 10.1 Å². The summed E-state index contributed by atoms with van der Waals surface area (Å²) >= 11 is 6.18. The van der Waals surface area contributed by atoms with E-state index in [0.29, 0.717) is 3.95 Å². The zero-order chi connectivity index (χ0) is 5.98. The number of thiazole rings is 1. The van der Waals surface area contributed by atoms with Gasteiger partial charge in [0.05, 0.1) is 12.3 Å². The number of H-pyrrole nitrogens is 1. The Morgan fingerprint density at radius 1 is 1.88 bits per heavy atom. The largest absolute Gasteiger partial charge is 0.390 e. The lowest BCUT2D eigenvalue weighted by Crippen LogP contribution is -1.78.